The van der Waals surface area contributed by atoms with Crippen molar-refractivity contribution in [1.29, 1.82) is 0 Å². The average Bonchev–Trinajstić information content (AvgIpc) is 3.13. The Hall–Kier alpha value is -2.16. The zero-order valence-corrected chi connectivity index (χ0v) is 18.4. The van der Waals surface area contributed by atoms with Gasteiger partial charge in [0.1, 0.15) is 11.2 Å². The monoisotopic (exact) mass is 442 g/mol. The third kappa shape index (κ3) is 8.85. The van der Waals surface area contributed by atoms with E-state index >= 15 is 0 Å². The fraction of sp³-hybridized carbons (Fsp3) is 0.556. The van der Waals surface area contributed by atoms with E-state index in [0.29, 0.717) is 5.33 Å². The molecule has 0 radical (unpaired) electrons. The molecular formula is C18H27BrN4O4. The molecule has 0 saturated heterocycles. The molecule has 150 valence electrons. The molecule has 0 amide bonds. The Balaban J connectivity index is 0.000000271. The lowest BCUT2D eigenvalue weighted by Gasteiger charge is -2.18. The van der Waals surface area contributed by atoms with Crippen molar-refractivity contribution in [3.63, 3.8) is 0 Å². The number of alkyl halides is 1. The summed E-state index contributed by atoms with van der Waals surface area (Å²) in [5.41, 5.74) is 0.913. The molecule has 2 aromatic rings. The molecule has 0 saturated carbocycles. The Morgan fingerprint density at radius 1 is 0.926 bits per heavy atom. The van der Waals surface area contributed by atoms with Crippen molar-refractivity contribution in [2.75, 3.05) is 0 Å². The van der Waals surface area contributed by atoms with Crippen LogP contribution in [0.5, 0.6) is 0 Å². The van der Waals surface area contributed by atoms with Gasteiger partial charge >= 0.3 is 12.2 Å². The first kappa shape index (κ1) is 22.9. The van der Waals surface area contributed by atoms with Gasteiger partial charge in [-0.05, 0) is 54.0 Å². The second-order valence-corrected chi connectivity index (χ2v) is 8.41. The lowest BCUT2D eigenvalue weighted by Crippen LogP contribution is -2.27. The smallest absolute Gasteiger partial charge is 0.435 e. The van der Waals surface area contributed by atoms with E-state index in [9.17, 15) is 9.59 Å². The van der Waals surface area contributed by atoms with E-state index in [0.717, 1.165) is 11.1 Å². The molecule has 2 aromatic heterocycles. The number of carbonyl (C=O) groups excluding carboxylic acids is 2. The topological polar surface area (TPSA) is 88.2 Å². The predicted octanol–water partition coefficient (Wildman–Crippen LogP) is 4.54. The van der Waals surface area contributed by atoms with Crippen molar-refractivity contribution >= 4 is 28.1 Å². The van der Waals surface area contributed by atoms with E-state index in [1.165, 1.54) is 9.36 Å². The van der Waals surface area contributed by atoms with Crippen molar-refractivity contribution in [3.05, 3.63) is 35.9 Å². The highest BCUT2D eigenvalue weighted by Gasteiger charge is 2.18. The van der Waals surface area contributed by atoms with Gasteiger partial charge in [0.05, 0.1) is 12.4 Å². The molecule has 0 aromatic carbocycles. The summed E-state index contributed by atoms with van der Waals surface area (Å²) >= 11 is 3.28. The first-order chi connectivity index (χ1) is 12.3. The molecule has 0 aliphatic carbocycles. The predicted molar refractivity (Wildman–Crippen MR) is 105 cm³/mol. The van der Waals surface area contributed by atoms with E-state index in [1.54, 1.807) is 24.8 Å². The number of aromatic nitrogens is 4. The van der Waals surface area contributed by atoms with Crippen LogP contribution >= 0.6 is 15.9 Å². The van der Waals surface area contributed by atoms with E-state index in [1.807, 2.05) is 48.5 Å². The largest absolute Gasteiger partial charge is 0.442 e. The molecule has 2 rings (SSSR count). The minimum absolute atomic E-state index is 0.444. The Kier molecular flexibility index (Phi) is 7.77. The molecule has 0 bridgehead atoms. The van der Waals surface area contributed by atoms with Crippen LogP contribution in [-0.2, 0) is 14.8 Å². The Morgan fingerprint density at radius 3 is 1.70 bits per heavy atom. The quantitative estimate of drug-likeness (QED) is 0.602. The normalized spacial score (nSPS) is 11.4. The van der Waals surface area contributed by atoms with Crippen LogP contribution in [-0.4, -0.2) is 42.9 Å². The van der Waals surface area contributed by atoms with Crippen LogP contribution in [0.2, 0.25) is 0 Å². The number of aryl methyl sites for hydroxylation is 1. The molecule has 0 aliphatic rings. The number of ether oxygens (including phenoxy) is 2. The summed E-state index contributed by atoms with van der Waals surface area (Å²) in [5, 5.41) is 8.40. The highest BCUT2D eigenvalue weighted by atomic mass is 79.9. The van der Waals surface area contributed by atoms with Crippen molar-refractivity contribution in [2.45, 2.75) is 65.0 Å². The molecule has 9 heteroatoms. The summed E-state index contributed by atoms with van der Waals surface area (Å²) in [6, 6.07) is 0. The average molecular weight is 443 g/mol. The van der Waals surface area contributed by atoms with E-state index in [4.69, 9.17) is 9.47 Å². The van der Waals surface area contributed by atoms with Gasteiger partial charge < -0.3 is 9.47 Å². The molecule has 0 fully saturated rings. The van der Waals surface area contributed by atoms with E-state index < -0.39 is 23.4 Å². The SMILES string of the molecule is CC(C)(C)OC(=O)n1cc(CBr)cn1.Cc1cnn(C(=O)OC(C)(C)C)c1. The molecule has 0 unspecified atom stereocenters. The second-order valence-electron chi connectivity index (χ2n) is 7.85. The van der Waals surface area contributed by atoms with Crippen molar-refractivity contribution in [1.82, 2.24) is 19.6 Å². The summed E-state index contributed by atoms with van der Waals surface area (Å²) in [7, 11) is 0. The summed E-state index contributed by atoms with van der Waals surface area (Å²) in [6.45, 7) is 12.8. The zero-order valence-electron chi connectivity index (χ0n) is 16.8. The summed E-state index contributed by atoms with van der Waals surface area (Å²) in [6.07, 6.45) is 5.62. The molecule has 8 nitrogen and oxygen atoms in total. The summed E-state index contributed by atoms with van der Waals surface area (Å²) in [5.74, 6) is 0. The Bertz CT molecular complexity index is 769. The Labute approximate surface area is 168 Å². The minimum Gasteiger partial charge on any atom is -0.442 e. The maximum atomic E-state index is 11.5. The molecule has 2 heterocycles. The first-order valence-corrected chi connectivity index (χ1v) is 9.50. The van der Waals surface area contributed by atoms with Gasteiger partial charge in [0.2, 0.25) is 0 Å². The number of hydrogen-bond acceptors (Lipinski definition) is 6. The number of hydrogen-bond donors (Lipinski definition) is 0. The fourth-order valence-electron chi connectivity index (χ4n) is 1.66. The van der Waals surface area contributed by atoms with Crippen molar-refractivity contribution in [2.24, 2.45) is 0 Å². The number of rotatable bonds is 1. The molecule has 0 N–H and O–H groups in total. The third-order valence-electron chi connectivity index (χ3n) is 2.66. The maximum Gasteiger partial charge on any atom is 0.435 e. The van der Waals surface area contributed by atoms with Gasteiger partial charge in [-0.2, -0.15) is 19.6 Å². The first-order valence-electron chi connectivity index (χ1n) is 8.38. The van der Waals surface area contributed by atoms with E-state index in [-0.39, 0.29) is 0 Å². The lowest BCUT2D eigenvalue weighted by molar-refractivity contribution is 0.0503. The van der Waals surface area contributed by atoms with Gasteiger partial charge in [-0.1, -0.05) is 15.9 Å². The van der Waals surface area contributed by atoms with Crippen LogP contribution in [0.3, 0.4) is 0 Å². The Morgan fingerprint density at radius 2 is 1.37 bits per heavy atom. The highest BCUT2D eigenvalue weighted by Crippen LogP contribution is 2.10. The second kappa shape index (κ2) is 9.16. The summed E-state index contributed by atoms with van der Waals surface area (Å²) in [4.78, 5) is 22.8. The van der Waals surface area contributed by atoms with Crippen molar-refractivity contribution in [3.8, 4) is 0 Å². The fourth-order valence-corrected chi connectivity index (χ4v) is 1.95. The number of halogens is 1. The van der Waals surface area contributed by atoms with Crippen LogP contribution < -0.4 is 0 Å². The van der Waals surface area contributed by atoms with Gasteiger partial charge in [0.25, 0.3) is 0 Å². The van der Waals surface area contributed by atoms with Gasteiger partial charge in [-0.15, -0.1) is 0 Å². The van der Waals surface area contributed by atoms with Crippen molar-refractivity contribution < 1.29 is 19.1 Å². The van der Waals surface area contributed by atoms with Crippen LogP contribution in [0.15, 0.2) is 24.8 Å². The number of carbonyl (C=O) groups is 2. The zero-order chi connectivity index (χ0) is 20.8. The third-order valence-corrected chi connectivity index (χ3v) is 3.31. The van der Waals surface area contributed by atoms with Gasteiger partial charge in [0, 0.05) is 23.3 Å². The van der Waals surface area contributed by atoms with Gasteiger partial charge in [-0.25, -0.2) is 9.59 Å². The molecule has 27 heavy (non-hydrogen) atoms. The van der Waals surface area contributed by atoms with E-state index in [2.05, 4.69) is 26.1 Å². The molecule has 0 aliphatic heterocycles. The van der Waals surface area contributed by atoms with Gasteiger partial charge in [-0.3, -0.25) is 0 Å². The van der Waals surface area contributed by atoms with Gasteiger partial charge in [0.15, 0.2) is 0 Å². The lowest BCUT2D eigenvalue weighted by atomic mass is 10.2. The van der Waals surface area contributed by atoms with Crippen LogP contribution in [0.25, 0.3) is 0 Å². The minimum atomic E-state index is -0.488. The number of nitrogens with zero attached hydrogens (tertiary/aromatic N) is 4. The highest BCUT2D eigenvalue weighted by molar-refractivity contribution is 9.08. The van der Waals surface area contributed by atoms with Crippen LogP contribution in [0.4, 0.5) is 9.59 Å². The van der Waals surface area contributed by atoms with Crippen LogP contribution in [0.1, 0.15) is 52.7 Å². The van der Waals surface area contributed by atoms with Crippen LogP contribution in [0, 0.1) is 6.92 Å². The standard InChI is InChI=1S/C9H13BrN2O2.C9H14N2O2/c1-9(2,3)14-8(13)12-6-7(4-10)5-11-12;1-7-5-10-11(6-7)8(12)13-9(2,3)4/h5-6H,4H2,1-3H3;5-6H,1-4H3. The molecule has 0 spiro atoms. The summed E-state index contributed by atoms with van der Waals surface area (Å²) < 4.78 is 12.6. The maximum absolute atomic E-state index is 11.5. The molecule has 0 atom stereocenters. The molecular weight excluding hydrogens is 416 g/mol.